The zero-order valence-corrected chi connectivity index (χ0v) is 16.9. The Morgan fingerprint density at radius 1 is 0.897 bits per heavy atom. The molecular weight excluding hydrogens is 364 g/mol. The van der Waals surface area contributed by atoms with Crippen molar-refractivity contribution >= 4 is 22.4 Å². The van der Waals surface area contributed by atoms with Crippen molar-refractivity contribution in [1.29, 1.82) is 0 Å². The minimum absolute atomic E-state index is 0.106. The summed E-state index contributed by atoms with van der Waals surface area (Å²) >= 11 is 0. The number of nitrogens with zero attached hydrogens (tertiary/aromatic N) is 4. The lowest BCUT2D eigenvalue weighted by atomic mass is 10.1. The van der Waals surface area contributed by atoms with Crippen molar-refractivity contribution in [1.82, 2.24) is 14.7 Å². The highest BCUT2D eigenvalue weighted by atomic mass is 16.2. The predicted molar refractivity (Wildman–Crippen MR) is 116 cm³/mol. The highest BCUT2D eigenvalue weighted by molar-refractivity contribution is 6.04. The van der Waals surface area contributed by atoms with Crippen LogP contribution in [0.15, 0.2) is 59.4 Å². The molecule has 1 fully saturated rings. The fourth-order valence-corrected chi connectivity index (χ4v) is 3.88. The standard InChI is InChI=1S/C23H26N4O2/c1-17(2)27-22(28)20-12-7-6-11-19(20)21(24-27)23(29)26-14-8-13-25(15-16-26)18-9-4-3-5-10-18/h3-7,9-12,17H,8,13-16H2,1-2H3. The van der Waals surface area contributed by atoms with Crippen LogP contribution in [0.4, 0.5) is 5.69 Å². The number of rotatable bonds is 3. The molecule has 1 saturated heterocycles. The van der Waals surface area contributed by atoms with E-state index >= 15 is 0 Å². The molecule has 0 saturated carbocycles. The van der Waals surface area contributed by atoms with Gasteiger partial charge in [0.05, 0.1) is 11.4 Å². The van der Waals surface area contributed by atoms with E-state index in [0.29, 0.717) is 29.6 Å². The number of aromatic nitrogens is 2. The SMILES string of the molecule is CC(C)n1nc(C(=O)N2CCCN(c3ccccc3)CC2)c2ccccc2c1=O. The van der Waals surface area contributed by atoms with E-state index in [-0.39, 0.29) is 17.5 Å². The van der Waals surface area contributed by atoms with E-state index in [1.54, 1.807) is 6.07 Å². The third-order valence-corrected chi connectivity index (χ3v) is 5.42. The molecule has 29 heavy (non-hydrogen) atoms. The van der Waals surface area contributed by atoms with Crippen LogP contribution in [0, 0.1) is 0 Å². The maximum atomic E-state index is 13.4. The Kier molecular flexibility index (Phi) is 5.34. The normalized spacial score (nSPS) is 15.0. The lowest BCUT2D eigenvalue weighted by molar-refractivity contribution is 0.0760. The summed E-state index contributed by atoms with van der Waals surface area (Å²) < 4.78 is 1.42. The van der Waals surface area contributed by atoms with Crippen LogP contribution in [0.1, 0.15) is 36.8 Å². The number of carbonyl (C=O) groups is 1. The molecule has 0 aliphatic carbocycles. The van der Waals surface area contributed by atoms with Crippen molar-refractivity contribution in [3.8, 4) is 0 Å². The molecule has 4 rings (SSSR count). The molecule has 0 bridgehead atoms. The number of fused-ring (bicyclic) bond motifs is 1. The van der Waals surface area contributed by atoms with Crippen molar-refractivity contribution in [2.45, 2.75) is 26.3 Å². The molecule has 1 aliphatic rings. The highest BCUT2D eigenvalue weighted by Gasteiger charge is 2.25. The Morgan fingerprint density at radius 2 is 1.59 bits per heavy atom. The first kappa shape index (κ1) is 19.2. The van der Waals surface area contributed by atoms with Gasteiger partial charge < -0.3 is 9.80 Å². The fourth-order valence-electron chi connectivity index (χ4n) is 3.88. The van der Waals surface area contributed by atoms with Gasteiger partial charge in [-0.15, -0.1) is 0 Å². The molecule has 0 atom stereocenters. The number of para-hydroxylation sites is 1. The van der Waals surface area contributed by atoms with Crippen molar-refractivity contribution < 1.29 is 4.79 Å². The number of amides is 1. The van der Waals surface area contributed by atoms with E-state index < -0.39 is 0 Å². The van der Waals surface area contributed by atoms with Crippen molar-refractivity contribution in [3.05, 3.63) is 70.6 Å². The molecule has 3 aromatic rings. The van der Waals surface area contributed by atoms with Crippen LogP contribution in [0.2, 0.25) is 0 Å². The number of carbonyl (C=O) groups excluding carboxylic acids is 1. The summed E-state index contributed by atoms with van der Waals surface area (Å²) in [4.78, 5) is 30.4. The van der Waals surface area contributed by atoms with Gasteiger partial charge in [0.1, 0.15) is 0 Å². The Morgan fingerprint density at radius 3 is 2.31 bits per heavy atom. The van der Waals surface area contributed by atoms with Gasteiger partial charge in [-0.05, 0) is 38.5 Å². The minimum atomic E-state index is -0.154. The smallest absolute Gasteiger partial charge is 0.275 e. The van der Waals surface area contributed by atoms with Gasteiger partial charge >= 0.3 is 0 Å². The summed E-state index contributed by atoms with van der Waals surface area (Å²) in [5.74, 6) is -0.106. The first-order valence-corrected chi connectivity index (χ1v) is 10.2. The molecule has 1 amide bonds. The molecule has 2 aromatic carbocycles. The van der Waals surface area contributed by atoms with Crippen LogP contribution in [0.5, 0.6) is 0 Å². The van der Waals surface area contributed by atoms with Crippen LogP contribution < -0.4 is 10.5 Å². The van der Waals surface area contributed by atoms with Gasteiger partial charge in [0.25, 0.3) is 11.5 Å². The zero-order chi connectivity index (χ0) is 20.4. The van der Waals surface area contributed by atoms with E-state index in [9.17, 15) is 9.59 Å². The largest absolute Gasteiger partial charge is 0.370 e. The van der Waals surface area contributed by atoms with E-state index in [0.717, 1.165) is 19.5 Å². The molecule has 2 heterocycles. The number of anilines is 1. The van der Waals surface area contributed by atoms with Gasteiger partial charge in [0.2, 0.25) is 0 Å². The molecule has 0 spiro atoms. The second-order valence-corrected chi connectivity index (χ2v) is 7.71. The summed E-state index contributed by atoms with van der Waals surface area (Å²) in [6.07, 6.45) is 0.891. The van der Waals surface area contributed by atoms with Crippen LogP contribution >= 0.6 is 0 Å². The van der Waals surface area contributed by atoms with Gasteiger partial charge in [-0.3, -0.25) is 9.59 Å². The van der Waals surface area contributed by atoms with Crippen LogP contribution in [-0.2, 0) is 0 Å². The Labute approximate surface area is 170 Å². The molecule has 150 valence electrons. The summed E-state index contributed by atoms with van der Waals surface area (Å²) in [6.45, 7) is 6.80. The topological polar surface area (TPSA) is 58.4 Å². The molecule has 1 aromatic heterocycles. The molecule has 6 nitrogen and oxygen atoms in total. The third kappa shape index (κ3) is 3.75. The molecule has 0 N–H and O–H groups in total. The Bertz CT molecular complexity index is 1080. The van der Waals surface area contributed by atoms with Gasteiger partial charge in [0, 0.05) is 37.3 Å². The molecule has 0 unspecified atom stereocenters. The molecule has 1 aliphatic heterocycles. The van der Waals surface area contributed by atoms with E-state index in [2.05, 4.69) is 22.1 Å². The summed E-state index contributed by atoms with van der Waals surface area (Å²) in [5, 5.41) is 5.65. The lowest BCUT2D eigenvalue weighted by Gasteiger charge is -2.24. The van der Waals surface area contributed by atoms with Crippen LogP contribution in [0.25, 0.3) is 10.8 Å². The predicted octanol–water partition coefficient (Wildman–Crippen LogP) is 3.33. The average molecular weight is 390 g/mol. The first-order chi connectivity index (χ1) is 14.1. The summed E-state index contributed by atoms with van der Waals surface area (Å²) in [5.41, 5.74) is 1.39. The molecule has 6 heteroatoms. The second-order valence-electron chi connectivity index (χ2n) is 7.71. The van der Waals surface area contributed by atoms with Crippen molar-refractivity contribution in [2.24, 2.45) is 0 Å². The first-order valence-electron chi connectivity index (χ1n) is 10.2. The van der Waals surface area contributed by atoms with Gasteiger partial charge in [-0.2, -0.15) is 5.10 Å². The number of hydrogen-bond donors (Lipinski definition) is 0. The van der Waals surface area contributed by atoms with Gasteiger partial charge in [0.15, 0.2) is 5.69 Å². The Balaban J connectivity index is 1.65. The molecular formula is C23H26N4O2. The van der Waals surface area contributed by atoms with Crippen molar-refractivity contribution in [3.63, 3.8) is 0 Å². The van der Waals surface area contributed by atoms with Gasteiger partial charge in [-0.1, -0.05) is 36.4 Å². The fraction of sp³-hybridized carbons (Fsp3) is 0.348. The zero-order valence-electron chi connectivity index (χ0n) is 16.9. The maximum absolute atomic E-state index is 13.4. The quantitative estimate of drug-likeness (QED) is 0.688. The summed E-state index contributed by atoms with van der Waals surface area (Å²) in [7, 11) is 0. The third-order valence-electron chi connectivity index (χ3n) is 5.42. The van der Waals surface area contributed by atoms with Crippen LogP contribution in [-0.4, -0.2) is 46.8 Å². The Hall–Kier alpha value is -3.15. The highest BCUT2D eigenvalue weighted by Crippen LogP contribution is 2.19. The second kappa shape index (κ2) is 8.07. The van der Waals surface area contributed by atoms with Crippen molar-refractivity contribution in [2.75, 3.05) is 31.1 Å². The molecule has 0 radical (unpaired) electrons. The van der Waals surface area contributed by atoms with E-state index in [1.165, 1.54) is 10.4 Å². The number of hydrogen-bond acceptors (Lipinski definition) is 4. The summed E-state index contributed by atoms with van der Waals surface area (Å²) in [6, 6.07) is 17.4. The van der Waals surface area contributed by atoms with E-state index in [4.69, 9.17) is 0 Å². The minimum Gasteiger partial charge on any atom is -0.370 e. The van der Waals surface area contributed by atoms with E-state index in [1.807, 2.05) is 55.1 Å². The average Bonchev–Trinajstić information content (AvgIpc) is 3.00. The van der Waals surface area contributed by atoms with Gasteiger partial charge in [-0.25, -0.2) is 4.68 Å². The monoisotopic (exact) mass is 390 g/mol. The maximum Gasteiger partial charge on any atom is 0.275 e. The number of benzene rings is 2. The lowest BCUT2D eigenvalue weighted by Crippen LogP contribution is -2.37. The van der Waals surface area contributed by atoms with Crippen LogP contribution in [0.3, 0.4) is 0 Å².